The summed E-state index contributed by atoms with van der Waals surface area (Å²) >= 11 is 0. The van der Waals surface area contributed by atoms with Gasteiger partial charge in [0.05, 0.1) is 12.2 Å². The molecule has 32 heavy (non-hydrogen) atoms. The number of imide groups is 1. The number of carbonyl (C=O) groups is 2. The molecule has 4 aromatic rings. The van der Waals surface area contributed by atoms with Gasteiger partial charge in [0, 0.05) is 16.8 Å². The van der Waals surface area contributed by atoms with Crippen LogP contribution in [0.2, 0.25) is 0 Å². The number of aryl methyl sites for hydroxylation is 1. The Balaban J connectivity index is 1.50. The Morgan fingerprint density at radius 2 is 1.59 bits per heavy atom. The number of nitrogens with one attached hydrogen (secondary N) is 1. The van der Waals surface area contributed by atoms with E-state index in [1.54, 1.807) is 6.08 Å². The summed E-state index contributed by atoms with van der Waals surface area (Å²) in [5.41, 5.74) is 5.27. The van der Waals surface area contributed by atoms with Gasteiger partial charge in [-0.3, -0.25) is 9.69 Å². The molecule has 1 saturated heterocycles. The van der Waals surface area contributed by atoms with Crippen molar-refractivity contribution in [1.29, 1.82) is 0 Å². The van der Waals surface area contributed by atoms with Gasteiger partial charge >= 0.3 is 6.03 Å². The van der Waals surface area contributed by atoms with E-state index in [2.05, 4.69) is 40.2 Å². The van der Waals surface area contributed by atoms with Gasteiger partial charge in [0.1, 0.15) is 5.70 Å². The molecule has 1 aliphatic rings. The smallest absolute Gasteiger partial charge is 0.317 e. The molecule has 0 saturated carbocycles. The van der Waals surface area contributed by atoms with E-state index in [1.165, 1.54) is 10.3 Å². The molecular weight excluding hydrogens is 398 g/mol. The van der Waals surface area contributed by atoms with Gasteiger partial charge in [-0.05, 0) is 48.6 Å². The molecule has 5 nitrogen and oxygen atoms in total. The van der Waals surface area contributed by atoms with Gasteiger partial charge in [-0.2, -0.15) is 0 Å². The number of fused-ring (bicyclic) bond motifs is 1. The van der Waals surface area contributed by atoms with E-state index in [9.17, 15) is 9.59 Å². The molecule has 0 radical (unpaired) electrons. The van der Waals surface area contributed by atoms with Gasteiger partial charge in [-0.1, -0.05) is 66.7 Å². The Kier molecular flexibility index (Phi) is 4.86. The molecule has 1 aromatic heterocycles. The molecule has 5 heteroatoms. The topological polar surface area (TPSA) is 54.3 Å². The van der Waals surface area contributed by atoms with Crippen LogP contribution < -0.4 is 5.32 Å². The largest absolute Gasteiger partial charge is 0.329 e. The summed E-state index contributed by atoms with van der Waals surface area (Å²) in [6.07, 6.45) is 1.77. The van der Waals surface area contributed by atoms with Crippen molar-refractivity contribution in [3.8, 4) is 5.69 Å². The molecule has 1 fully saturated rings. The fourth-order valence-corrected chi connectivity index (χ4v) is 4.34. The molecule has 0 aliphatic carbocycles. The monoisotopic (exact) mass is 421 g/mol. The minimum Gasteiger partial charge on any atom is -0.317 e. The number of aromatic nitrogens is 1. The van der Waals surface area contributed by atoms with Gasteiger partial charge in [-0.25, -0.2) is 4.79 Å². The molecule has 5 rings (SSSR count). The summed E-state index contributed by atoms with van der Waals surface area (Å²) in [4.78, 5) is 26.6. The fourth-order valence-electron chi connectivity index (χ4n) is 4.34. The van der Waals surface area contributed by atoms with Crippen molar-refractivity contribution in [2.45, 2.75) is 20.4 Å². The van der Waals surface area contributed by atoms with E-state index in [4.69, 9.17) is 0 Å². The molecule has 0 unspecified atom stereocenters. The van der Waals surface area contributed by atoms with Crippen LogP contribution in [-0.4, -0.2) is 21.4 Å². The van der Waals surface area contributed by atoms with E-state index in [0.29, 0.717) is 5.70 Å². The van der Waals surface area contributed by atoms with Gasteiger partial charge in [0.2, 0.25) is 0 Å². The van der Waals surface area contributed by atoms with Gasteiger partial charge in [0.15, 0.2) is 0 Å². The van der Waals surface area contributed by atoms with E-state index in [-0.39, 0.29) is 12.5 Å². The second-order valence-electron chi connectivity index (χ2n) is 8.03. The average molecular weight is 422 g/mol. The van der Waals surface area contributed by atoms with Crippen LogP contribution in [0.3, 0.4) is 0 Å². The van der Waals surface area contributed by atoms with Crippen LogP contribution in [0.5, 0.6) is 0 Å². The lowest BCUT2D eigenvalue weighted by molar-refractivity contribution is -0.123. The van der Waals surface area contributed by atoms with E-state index < -0.39 is 6.03 Å². The van der Waals surface area contributed by atoms with Crippen molar-refractivity contribution in [1.82, 2.24) is 14.8 Å². The highest BCUT2D eigenvalue weighted by Gasteiger charge is 2.33. The highest BCUT2D eigenvalue weighted by atomic mass is 16.2. The van der Waals surface area contributed by atoms with Gasteiger partial charge in [0.25, 0.3) is 5.91 Å². The van der Waals surface area contributed by atoms with Crippen molar-refractivity contribution in [2.24, 2.45) is 0 Å². The second kappa shape index (κ2) is 7.85. The van der Waals surface area contributed by atoms with Crippen LogP contribution in [-0.2, 0) is 11.3 Å². The zero-order chi connectivity index (χ0) is 22.2. The maximum absolute atomic E-state index is 12.9. The van der Waals surface area contributed by atoms with Crippen molar-refractivity contribution in [3.63, 3.8) is 0 Å². The summed E-state index contributed by atoms with van der Waals surface area (Å²) in [6.45, 7) is 4.33. The maximum Gasteiger partial charge on any atom is 0.329 e. The van der Waals surface area contributed by atoms with E-state index >= 15 is 0 Å². The highest BCUT2D eigenvalue weighted by molar-refractivity contribution is 6.14. The summed E-state index contributed by atoms with van der Waals surface area (Å²) < 4.78 is 2.19. The van der Waals surface area contributed by atoms with E-state index in [1.807, 2.05) is 62.4 Å². The Labute approximate surface area is 186 Å². The first-order valence-electron chi connectivity index (χ1n) is 10.6. The molecule has 0 atom stereocenters. The Bertz CT molecular complexity index is 1380. The molecule has 2 heterocycles. The quantitative estimate of drug-likeness (QED) is 0.357. The number of benzene rings is 3. The molecule has 3 aromatic carbocycles. The second-order valence-corrected chi connectivity index (χ2v) is 8.03. The average Bonchev–Trinajstić information content (AvgIpc) is 3.23. The normalized spacial score (nSPS) is 15.1. The molecule has 3 amide bonds. The predicted octanol–water partition coefficient (Wildman–Crippen LogP) is 5.34. The minimum absolute atomic E-state index is 0.248. The fraction of sp³-hybridized carbons (Fsp3) is 0.111. The Hall–Kier alpha value is -4.12. The standard InChI is InChI=1S/C27H23N3O2/c1-18-15-22(19(2)30(18)25-14-8-12-21-11-6-7-13-23(21)25)16-24-26(31)29(27(32)28-24)17-20-9-4-3-5-10-20/h3-16H,17H2,1-2H3,(H,28,32)/b24-16+. The molecular formula is C27H23N3O2. The molecule has 1 aliphatic heterocycles. The first-order valence-corrected chi connectivity index (χ1v) is 10.6. The van der Waals surface area contributed by atoms with Gasteiger partial charge < -0.3 is 9.88 Å². The third-order valence-corrected chi connectivity index (χ3v) is 5.92. The lowest BCUT2D eigenvalue weighted by Gasteiger charge is -2.13. The number of hydrogen-bond acceptors (Lipinski definition) is 2. The maximum atomic E-state index is 12.9. The zero-order valence-corrected chi connectivity index (χ0v) is 18.0. The van der Waals surface area contributed by atoms with Gasteiger partial charge in [-0.15, -0.1) is 0 Å². The van der Waals surface area contributed by atoms with Crippen LogP contribution in [0, 0.1) is 13.8 Å². The Morgan fingerprint density at radius 3 is 2.41 bits per heavy atom. The molecule has 0 bridgehead atoms. The molecule has 0 spiro atoms. The van der Waals surface area contributed by atoms with Crippen molar-refractivity contribution < 1.29 is 9.59 Å². The van der Waals surface area contributed by atoms with Crippen LogP contribution in [0.15, 0.2) is 84.6 Å². The van der Waals surface area contributed by atoms with Crippen LogP contribution >= 0.6 is 0 Å². The lowest BCUT2D eigenvalue weighted by Crippen LogP contribution is -2.30. The van der Waals surface area contributed by atoms with Crippen molar-refractivity contribution >= 4 is 28.8 Å². The first-order chi connectivity index (χ1) is 15.5. The van der Waals surface area contributed by atoms with Crippen molar-refractivity contribution in [2.75, 3.05) is 0 Å². The molecule has 158 valence electrons. The Morgan fingerprint density at radius 1 is 0.875 bits per heavy atom. The summed E-state index contributed by atoms with van der Waals surface area (Å²) in [6, 6.07) is 25.7. The SMILES string of the molecule is Cc1cc(/C=C2/NC(=O)N(Cc3ccccc3)C2=O)c(C)n1-c1cccc2ccccc12. The number of amides is 3. The highest BCUT2D eigenvalue weighted by Crippen LogP contribution is 2.29. The van der Waals surface area contributed by atoms with E-state index in [0.717, 1.165) is 33.6 Å². The minimum atomic E-state index is -0.395. The predicted molar refractivity (Wildman–Crippen MR) is 126 cm³/mol. The number of hydrogen-bond donors (Lipinski definition) is 1. The van der Waals surface area contributed by atoms with Crippen molar-refractivity contribution in [3.05, 3.63) is 107 Å². The third-order valence-electron chi connectivity index (χ3n) is 5.92. The van der Waals surface area contributed by atoms with Crippen LogP contribution in [0.4, 0.5) is 4.79 Å². The first kappa shape index (κ1) is 19.8. The molecule has 1 N–H and O–H groups in total. The number of carbonyl (C=O) groups excluding carboxylic acids is 2. The van der Waals surface area contributed by atoms with Crippen LogP contribution in [0.25, 0.3) is 22.5 Å². The number of urea groups is 1. The number of rotatable bonds is 4. The zero-order valence-electron chi connectivity index (χ0n) is 18.0. The van der Waals surface area contributed by atoms with Crippen LogP contribution in [0.1, 0.15) is 22.5 Å². The summed E-state index contributed by atoms with van der Waals surface area (Å²) in [5, 5.41) is 5.07. The number of nitrogens with zero attached hydrogens (tertiary/aromatic N) is 2. The lowest BCUT2D eigenvalue weighted by atomic mass is 10.1. The third kappa shape index (κ3) is 3.38. The summed E-state index contributed by atoms with van der Waals surface area (Å²) in [7, 11) is 0. The summed E-state index contributed by atoms with van der Waals surface area (Å²) in [5.74, 6) is -0.311.